The summed E-state index contributed by atoms with van der Waals surface area (Å²) in [7, 11) is 0. The molecule has 0 bridgehead atoms. The summed E-state index contributed by atoms with van der Waals surface area (Å²) in [5.41, 5.74) is 1.80. The molecule has 27 heavy (non-hydrogen) atoms. The van der Waals surface area contributed by atoms with Gasteiger partial charge in [-0.05, 0) is 51.5 Å². The molecule has 0 aliphatic carbocycles. The molecule has 0 fully saturated rings. The zero-order valence-electron chi connectivity index (χ0n) is 15.5. The molecule has 2 aromatic rings. The standard InChI is InChI=1S/C19H21ClN2O5/c1-5-26-18(24)15-10(2)16(21-11(15)3)19(25)27-12(4)17(23)22-14-8-6-7-13(20)9-14/h6-9,12,21H,5H2,1-4H3,(H,22,23)/t12-/m0/s1. The summed E-state index contributed by atoms with van der Waals surface area (Å²) < 4.78 is 10.2. The number of esters is 2. The van der Waals surface area contributed by atoms with E-state index in [-0.39, 0.29) is 12.3 Å². The number of amides is 1. The summed E-state index contributed by atoms with van der Waals surface area (Å²) in [6, 6.07) is 6.62. The predicted octanol–water partition coefficient (Wildman–Crippen LogP) is 3.65. The Morgan fingerprint density at radius 3 is 2.56 bits per heavy atom. The second kappa shape index (κ2) is 8.73. The number of nitrogens with one attached hydrogen (secondary N) is 2. The number of carbonyl (C=O) groups excluding carboxylic acids is 3. The van der Waals surface area contributed by atoms with E-state index < -0.39 is 23.9 Å². The summed E-state index contributed by atoms with van der Waals surface area (Å²) in [6.07, 6.45) is -1.05. The van der Waals surface area contributed by atoms with Crippen LogP contribution in [0.1, 0.15) is 46.0 Å². The van der Waals surface area contributed by atoms with Crippen molar-refractivity contribution < 1.29 is 23.9 Å². The van der Waals surface area contributed by atoms with E-state index in [2.05, 4.69) is 10.3 Å². The van der Waals surface area contributed by atoms with Gasteiger partial charge in [0.2, 0.25) is 0 Å². The molecule has 1 aromatic carbocycles. The number of aromatic amines is 1. The van der Waals surface area contributed by atoms with Crippen LogP contribution >= 0.6 is 11.6 Å². The van der Waals surface area contributed by atoms with E-state index in [1.54, 1.807) is 45.0 Å². The van der Waals surface area contributed by atoms with Crippen LogP contribution in [-0.2, 0) is 14.3 Å². The number of anilines is 1. The van der Waals surface area contributed by atoms with Crippen LogP contribution in [0.5, 0.6) is 0 Å². The fraction of sp³-hybridized carbons (Fsp3) is 0.316. The largest absolute Gasteiger partial charge is 0.462 e. The molecule has 0 saturated heterocycles. The number of H-pyrrole nitrogens is 1. The quantitative estimate of drug-likeness (QED) is 0.731. The van der Waals surface area contributed by atoms with E-state index in [4.69, 9.17) is 21.1 Å². The van der Waals surface area contributed by atoms with E-state index in [0.29, 0.717) is 27.5 Å². The smallest absolute Gasteiger partial charge is 0.355 e. The van der Waals surface area contributed by atoms with Gasteiger partial charge in [0.1, 0.15) is 5.69 Å². The first kappa shape index (κ1) is 20.5. The molecule has 0 aliphatic heterocycles. The first-order valence-corrected chi connectivity index (χ1v) is 8.76. The van der Waals surface area contributed by atoms with E-state index in [1.165, 1.54) is 6.92 Å². The van der Waals surface area contributed by atoms with Crippen LogP contribution in [0, 0.1) is 13.8 Å². The molecule has 1 aromatic heterocycles. The van der Waals surface area contributed by atoms with Gasteiger partial charge in [-0.1, -0.05) is 17.7 Å². The normalized spacial score (nSPS) is 11.6. The third kappa shape index (κ3) is 4.89. The summed E-state index contributed by atoms with van der Waals surface area (Å²) in [6.45, 7) is 6.65. The van der Waals surface area contributed by atoms with Crippen molar-refractivity contribution in [2.75, 3.05) is 11.9 Å². The Hall–Kier alpha value is -2.80. The van der Waals surface area contributed by atoms with Crippen molar-refractivity contribution in [3.8, 4) is 0 Å². The number of aromatic nitrogens is 1. The van der Waals surface area contributed by atoms with E-state index in [9.17, 15) is 14.4 Å². The Morgan fingerprint density at radius 2 is 1.93 bits per heavy atom. The van der Waals surface area contributed by atoms with Crippen LogP contribution < -0.4 is 5.32 Å². The number of aryl methyl sites for hydroxylation is 1. The van der Waals surface area contributed by atoms with Gasteiger partial charge in [0, 0.05) is 16.4 Å². The van der Waals surface area contributed by atoms with Gasteiger partial charge in [-0.3, -0.25) is 4.79 Å². The maximum Gasteiger partial charge on any atom is 0.355 e. The Kier molecular flexibility index (Phi) is 6.63. The summed E-state index contributed by atoms with van der Waals surface area (Å²) in [5, 5.41) is 3.09. The predicted molar refractivity (Wildman–Crippen MR) is 101 cm³/mol. The molecule has 8 heteroatoms. The molecule has 7 nitrogen and oxygen atoms in total. The lowest BCUT2D eigenvalue weighted by molar-refractivity contribution is -0.123. The number of benzene rings is 1. The fourth-order valence-electron chi connectivity index (χ4n) is 2.55. The summed E-state index contributed by atoms with van der Waals surface area (Å²) >= 11 is 5.88. The minimum Gasteiger partial charge on any atom is -0.462 e. The number of ether oxygens (including phenoxy) is 2. The third-order valence-electron chi connectivity index (χ3n) is 3.87. The molecule has 0 unspecified atom stereocenters. The second-order valence-corrected chi connectivity index (χ2v) is 6.33. The third-order valence-corrected chi connectivity index (χ3v) is 4.10. The number of carbonyl (C=O) groups is 3. The molecule has 1 heterocycles. The van der Waals surface area contributed by atoms with Gasteiger partial charge in [0.05, 0.1) is 12.2 Å². The Morgan fingerprint density at radius 1 is 1.22 bits per heavy atom. The number of halogens is 1. The monoisotopic (exact) mass is 392 g/mol. The minimum atomic E-state index is -1.05. The molecule has 2 rings (SSSR count). The van der Waals surface area contributed by atoms with E-state index >= 15 is 0 Å². The summed E-state index contributed by atoms with van der Waals surface area (Å²) in [5.74, 6) is -1.76. The highest BCUT2D eigenvalue weighted by atomic mass is 35.5. The Labute approximate surface area is 162 Å². The molecule has 2 N–H and O–H groups in total. The number of rotatable bonds is 6. The van der Waals surface area contributed by atoms with Crippen LogP contribution in [0.15, 0.2) is 24.3 Å². The molecule has 0 saturated carbocycles. The molecular weight excluding hydrogens is 372 g/mol. The Balaban J connectivity index is 2.09. The SMILES string of the molecule is CCOC(=O)c1c(C)[nH]c(C(=O)O[C@@H](C)C(=O)Nc2cccc(Cl)c2)c1C. The maximum absolute atomic E-state index is 12.4. The first-order valence-electron chi connectivity index (χ1n) is 8.38. The highest BCUT2D eigenvalue weighted by molar-refractivity contribution is 6.30. The molecule has 144 valence electrons. The maximum atomic E-state index is 12.4. The first-order chi connectivity index (χ1) is 12.7. The highest BCUT2D eigenvalue weighted by Gasteiger charge is 2.26. The number of hydrogen-bond acceptors (Lipinski definition) is 5. The Bertz CT molecular complexity index is 875. The van der Waals surface area contributed by atoms with Gasteiger partial charge in [0.15, 0.2) is 6.10 Å². The second-order valence-electron chi connectivity index (χ2n) is 5.89. The highest BCUT2D eigenvalue weighted by Crippen LogP contribution is 2.21. The fourth-order valence-corrected chi connectivity index (χ4v) is 2.74. The van der Waals surface area contributed by atoms with Crippen LogP contribution in [0.3, 0.4) is 0 Å². The molecule has 1 amide bonds. The molecule has 0 spiro atoms. The molecule has 0 radical (unpaired) electrons. The van der Waals surface area contributed by atoms with Crippen molar-refractivity contribution in [1.82, 2.24) is 4.98 Å². The molecular formula is C19H21ClN2O5. The minimum absolute atomic E-state index is 0.109. The lowest BCUT2D eigenvalue weighted by Gasteiger charge is -2.13. The van der Waals surface area contributed by atoms with Crippen molar-refractivity contribution in [1.29, 1.82) is 0 Å². The zero-order chi connectivity index (χ0) is 20.1. The van der Waals surface area contributed by atoms with Crippen LogP contribution in [0.25, 0.3) is 0 Å². The van der Waals surface area contributed by atoms with Gasteiger partial charge in [-0.2, -0.15) is 0 Å². The molecule has 1 atom stereocenters. The van der Waals surface area contributed by atoms with E-state index in [1.807, 2.05) is 0 Å². The van der Waals surface area contributed by atoms with Crippen LogP contribution in [-0.4, -0.2) is 35.5 Å². The zero-order valence-corrected chi connectivity index (χ0v) is 16.3. The van der Waals surface area contributed by atoms with Crippen molar-refractivity contribution in [3.05, 3.63) is 51.8 Å². The van der Waals surface area contributed by atoms with Crippen LogP contribution in [0.4, 0.5) is 5.69 Å². The van der Waals surface area contributed by atoms with Gasteiger partial charge >= 0.3 is 11.9 Å². The average molecular weight is 393 g/mol. The average Bonchev–Trinajstić information content (AvgIpc) is 2.89. The van der Waals surface area contributed by atoms with Gasteiger partial charge in [-0.25, -0.2) is 9.59 Å². The van der Waals surface area contributed by atoms with Crippen LogP contribution in [0.2, 0.25) is 5.02 Å². The topological polar surface area (TPSA) is 97.5 Å². The van der Waals surface area contributed by atoms with E-state index in [0.717, 1.165) is 0 Å². The van der Waals surface area contributed by atoms with Gasteiger partial charge < -0.3 is 19.8 Å². The number of hydrogen-bond donors (Lipinski definition) is 2. The lowest BCUT2D eigenvalue weighted by atomic mass is 10.1. The van der Waals surface area contributed by atoms with Crippen molar-refractivity contribution >= 4 is 35.1 Å². The lowest BCUT2D eigenvalue weighted by Crippen LogP contribution is -2.30. The summed E-state index contributed by atoms with van der Waals surface area (Å²) in [4.78, 5) is 39.5. The van der Waals surface area contributed by atoms with Crippen molar-refractivity contribution in [2.45, 2.75) is 33.8 Å². The van der Waals surface area contributed by atoms with Crippen molar-refractivity contribution in [2.24, 2.45) is 0 Å². The molecule has 0 aliphatic rings. The van der Waals surface area contributed by atoms with Crippen molar-refractivity contribution in [3.63, 3.8) is 0 Å². The van der Waals surface area contributed by atoms with Gasteiger partial charge in [0.25, 0.3) is 5.91 Å². The van der Waals surface area contributed by atoms with Gasteiger partial charge in [-0.15, -0.1) is 0 Å².